The molecule has 0 spiro atoms. The monoisotopic (exact) mass is 456 g/mol. The molecule has 2 aliphatic rings. The van der Waals surface area contributed by atoms with Gasteiger partial charge in [-0.1, -0.05) is 6.07 Å². The van der Waals surface area contributed by atoms with E-state index in [1.165, 1.54) is 17.0 Å². The Kier molecular flexibility index (Phi) is 6.83. The standard InChI is InChI=1S/C21H24N6O6/c22-18(28)14-2-1-3-15(12-14)23-19(29)16-13-17(32-10-6-27-7-11-33-21(27)30)25-20(24-16)26-4-8-31-9-5-26/h1-3,12-13H,4-11H2,(H2,22,28)(H,23,29). The predicted molar refractivity (Wildman–Crippen MR) is 116 cm³/mol. The number of carbonyl (C=O) groups is 3. The molecule has 0 saturated carbocycles. The van der Waals surface area contributed by atoms with Crippen molar-refractivity contribution in [3.8, 4) is 5.88 Å². The molecule has 0 aliphatic carbocycles. The summed E-state index contributed by atoms with van der Waals surface area (Å²) in [7, 11) is 0. The maximum atomic E-state index is 12.9. The van der Waals surface area contributed by atoms with Crippen LogP contribution in [0.5, 0.6) is 5.88 Å². The minimum absolute atomic E-state index is 0.0894. The van der Waals surface area contributed by atoms with E-state index in [4.69, 9.17) is 19.9 Å². The van der Waals surface area contributed by atoms with Crippen molar-refractivity contribution in [2.45, 2.75) is 0 Å². The van der Waals surface area contributed by atoms with Gasteiger partial charge in [-0.05, 0) is 18.2 Å². The predicted octanol–water partition coefficient (Wildman–Crippen LogP) is 0.495. The average molecular weight is 456 g/mol. The van der Waals surface area contributed by atoms with E-state index in [1.807, 2.05) is 4.90 Å². The molecule has 0 radical (unpaired) electrons. The number of primary amides is 1. The van der Waals surface area contributed by atoms with Crippen molar-refractivity contribution in [1.82, 2.24) is 14.9 Å². The molecule has 0 atom stereocenters. The second kappa shape index (κ2) is 10.1. The zero-order chi connectivity index (χ0) is 23.2. The van der Waals surface area contributed by atoms with E-state index in [2.05, 4.69) is 15.3 Å². The third kappa shape index (κ3) is 5.66. The third-order valence-electron chi connectivity index (χ3n) is 5.08. The summed E-state index contributed by atoms with van der Waals surface area (Å²) in [5.41, 5.74) is 6.07. The normalized spacial score (nSPS) is 15.8. The first-order valence-corrected chi connectivity index (χ1v) is 10.5. The maximum absolute atomic E-state index is 12.9. The highest BCUT2D eigenvalue weighted by atomic mass is 16.6. The minimum atomic E-state index is -0.597. The van der Waals surface area contributed by atoms with Gasteiger partial charge in [0, 0.05) is 30.4 Å². The minimum Gasteiger partial charge on any atom is -0.476 e. The molecule has 33 heavy (non-hydrogen) atoms. The van der Waals surface area contributed by atoms with E-state index in [0.29, 0.717) is 57.6 Å². The summed E-state index contributed by atoms with van der Waals surface area (Å²) in [6.45, 7) is 3.56. The molecule has 1 aromatic heterocycles. The molecule has 2 fully saturated rings. The molecule has 0 unspecified atom stereocenters. The molecule has 4 rings (SSSR count). The highest BCUT2D eigenvalue weighted by molar-refractivity contribution is 6.04. The van der Waals surface area contributed by atoms with Gasteiger partial charge in [0.05, 0.1) is 26.3 Å². The number of ether oxygens (including phenoxy) is 3. The van der Waals surface area contributed by atoms with Crippen LogP contribution in [0.3, 0.4) is 0 Å². The molecule has 3 heterocycles. The zero-order valence-electron chi connectivity index (χ0n) is 17.9. The molecule has 12 heteroatoms. The molecule has 1 aromatic carbocycles. The number of rotatable bonds is 8. The van der Waals surface area contributed by atoms with Crippen molar-refractivity contribution in [3.05, 3.63) is 41.6 Å². The Bertz CT molecular complexity index is 1040. The molecule has 2 aromatic rings. The van der Waals surface area contributed by atoms with Crippen LogP contribution in [0.15, 0.2) is 30.3 Å². The van der Waals surface area contributed by atoms with Crippen LogP contribution in [0, 0.1) is 0 Å². The Hall–Kier alpha value is -3.93. The van der Waals surface area contributed by atoms with Gasteiger partial charge in [-0.2, -0.15) is 4.98 Å². The third-order valence-corrected chi connectivity index (χ3v) is 5.08. The second-order valence-electron chi connectivity index (χ2n) is 7.34. The lowest BCUT2D eigenvalue weighted by Gasteiger charge is -2.27. The summed E-state index contributed by atoms with van der Waals surface area (Å²) in [6, 6.07) is 7.73. The summed E-state index contributed by atoms with van der Waals surface area (Å²) >= 11 is 0. The van der Waals surface area contributed by atoms with Crippen LogP contribution in [0.1, 0.15) is 20.8 Å². The molecule has 3 N–H and O–H groups in total. The first-order chi connectivity index (χ1) is 16.0. The zero-order valence-corrected chi connectivity index (χ0v) is 17.9. The molecule has 174 valence electrons. The summed E-state index contributed by atoms with van der Waals surface area (Å²) in [5.74, 6) is -0.552. The Balaban J connectivity index is 1.51. The van der Waals surface area contributed by atoms with E-state index in [0.717, 1.165) is 0 Å². The van der Waals surface area contributed by atoms with Crippen LogP contribution >= 0.6 is 0 Å². The number of hydrogen-bond donors (Lipinski definition) is 2. The number of cyclic esters (lactones) is 1. The number of benzene rings is 1. The Morgan fingerprint density at radius 2 is 1.94 bits per heavy atom. The largest absolute Gasteiger partial charge is 0.476 e. The van der Waals surface area contributed by atoms with Gasteiger partial charge in [-0.15, -0.1) is 0 Å². The van der Waals surface area contributed by atoms with Gasteiger partial charge in [0.2, 0.25) is 17.7 Å². The Morgan fingerprint density at radius 1 is 1.12 bits per heavy atom. The summed E-state index contributed by atoms with van der Waals surface area (Å²) in [5, 5.41) is 2.71. The summed E-state index contributed by atoms with van der Waals surface area (Å²) in [4.78, 5) is 48.2. The van der Waals surface area contributed by atoms with E-state index in [1.54, 1.807) is 18.2 Å². The SMILES string of the molecule is NC(=O)c1cccc(NC(=O)c2cc(OCCN3CCOC3=O)nc(N3CCOCC3)n2)c1. The van der Waals surface area contributed by atoms with E-state index in [-0.39, 0.29) is 29.8 Å². The summed E-state index contributed by atoms with van der Waals surface area (Å²) < 4.78 is 16.0. The highest BCUT2D eigenvalue weighted by Crippen LogP contribution is 2.19. The van der Waals surface area contributed by atoms with Gasteiger partial charge in [-0.25, -0.2) is 9.78 Å². The number of morpholine rings is 1. The number of amides is 3. The number of anilines is 2. The average Bonchev–Trinajstić information content (AvgIpc) is 3.24. The van der Waals surface area contributed by atoms with Gasteiger partial charge < -0.3 is 35.1 Å². The van der Waals surface area contributed by atoms with Crippen molar-refractivity contribution >= 4 is 29.5 Å². The number of nitrogens with two attached hydrogens (primary N) is 1. The van der Waals surface area contributed by atoms with Gasteiger partial charge in [0.1, 0.15) is 18.9 Å². The van der Waals surface area contributed by atoms with Crippen molar-refractivity contribution < 1.29 is 28.6 Å². The van der Waals surface area contributed by atoms with E-state index < -0.39 is 11.8 Å². The fourth-order valence-corrected chi connectivity index (χ4v) is 3.34. The van der Waals surface area contributed by atoms with Crippen LogP contribution in [0.25, 0.3) is 0 Å². The first-order valence-electron chi connectivity index (χ1n) is 10.5. The molecule has 2 aliphatic heterocycles. The molecule has 12 nitrogen and oxygen atoms in total. The fraction of sp³-hybridized carbons (Fsp3) is 0.381. The van der Waals surface area contributed by atoms with Gasteiger partial charge in [0.25, 0.3) is 5.91 Å². The molecular weight excluding hydrogens is 432 g/mol. The van der Waals surface area contributed by atoms with Gasteiger partial charge in [-0.3, -0.25) is 9.59 Å². The van der Waals surface area contributed by atoms with Crippen LogP contribution in [-0.2, 0) is 9.47 Å². The number of nitrogens with zero attached hydrogens (tertiary/aromatic N) is 4. The maximum Gasteiger partial charge on any atom is 0.410 e. The van der Waals surface area contributed by atoms with Crippen LogP contribution in [0.4, 0.5) is 16.4 Å². The van der Waals surface area contributed by atoms with Crippen molar-refractivity contribution in [3.63, 3.8) is 0 Å². The van der Waals surface area contributed by atoms with Crippen LogP contribution in [0.2, 0.25) is 0 Å². The Labute approximate surface area is 189 Å². The smallest absolute Gasteiger partial charge is 0.410 e. The van der Waals surface area contributed by atoms with E-state index >= 15 is 0 Å². The lowest BCUT2D eigenvalue weighted by Crippen LogP contribution is -2.37. The van der Waals surface area contributed by atoms with Crippen molar-refractivity contribution in [2.75, 3.05) is 62.8 Å². The topological polar surface area (TPSA) is 149 Å². The van der Waals surface area contributed by atoms with E-state index in [9.17, 15) is 14.4 Å². The van der Waals surface area contributed by atoms with Crippen molar-refractivity contribution in [2.24, 2.45) is 5.73 Å². The lowest BCUT2D eigenvalue weighted by atomic mass is 10.2. The summed E-state index contributed by atoms with van der Waals surface area (Å²) in [6.07, 6.45) is -0.381. The number of carbonyl (C=O) groups excluding carboxylic acids is 3. The molecule has 0 bridgehead atoms. The number of aromatic nitrogens is 2. The fourth-order valence-electron chi connectivity index (χ4n) is 3.34. The number of hydrogen-bond acceptors (Lipinski definition) is 9. The molecular formula is C21H24N6O6. The Morgan fingerprint density at radius 3 is 2.67 bits per heavy atom. The quantitative estimate of drug-likeness (QED) is 0.579. The number of nitrogens with one attached hydrogen (secondary N) is 1. The van der Waals surface area contributed by atoms with Gasteiger partial charge in [0.15, 0.2) is 0 Å². The van der Waals surface area contributed by atoms with Crippen molar-refractivity contribution in [1.29, 1.82) is 0 Å². The molecule has 2 saturated heterocycles. The molecule has 3 amide bonds. The van der Waals surface area contributed by atoms with Gasteiger partial charge >= 0.3 is 6.09 Å². The first kappa shape index (κ1) is 22.3. The van der Waals surface area contributed by atoms with Crippen LogP contribution < -0.4 is 20.7 Å². The highest BCUT2D eigenvalue weighted by Gasteiger charge is 2.22. The second-order valence-corrected chi connectivity index (χ2v) is 7.34. The lowest BCUT2D eigenvalue weighted by molar-refractivity contribution is 0.0995. The van der Waals surface area contributed by atoms with Crippen LogP contribution in [-0.4, -0.2) is 85.4 Å².